The number of aromatic amines is 1. The zero-order valence-electron chi connectivity index (χ0n) is 7.77. The fourth-order valence-corrected chi connectivity index (χ4v) is 1.44. The Labute approximate surface area is 95.1 Å². The summed E-state index contributed by atoms with van der Waals surface area (Å²) in [6.07, 6.45) is 1.68. The van der Waals surface area contributed by atoms with E-state index < -0.39 is 0 Å². The Morgan fingerprint density at radius 3 is 2.67 bits per heavy atom. The van der Waals surface area contributed by atoms with Gasteiger partial charge in [0.05, 0.1) is 6.20 Å². The van der Waals surface area contributed by atoms with Gasteiger partial charge in [-0.05, 0) is 40.2 Å². The van der Waals surface area contributed by atoms with E-state index >= 15 is 0 Å². The number of rotatable bonds is 3. The molecule has 0 aliphatic heterocycles. The number of imidazole rings is 1. The molecular weight excluding hydrogens is 260 g/mol. The number of nitrogens with zero attached hydrogens (tertiary/aromatic N) is 1. The molecule has 0 fully saturated rings. The molecule has 2 rings (SSSR count). The van der Waals surface area contributed by atoms with Crippen LogP contribution in [0.25, 0.3) is 0 Å². The summed E-state index contributed by atoms with van der Waals surface area (Å²) in [5.74, 6) is 1.67. The Bertz CT molecular complexity index is 439. The maximum Gasteiger partial charge on any atom is 0.146 e. The minimum Gasteiger partial charge on any atom is -0.508 e. The molecule has 0 saturated heterocycles. The van der Waals surface area contributed by atoms with E-state index in [4.69, 9.17) is 9.84 Å². The molecule has 2 aromatic rings. The van der Waals surface area contributed by atoms with Gasteiger partial charge >= 0.3 is 0 Å². The molecule has 0 amide bonds. The molecule has 1 heterocycles. The van der Waals surface area contributed by atoms with Crippen LogP contribution in [0.1, 0.15) is 5.82 Å². The number of aromatic nitrogens is 2. The van der Waals surface area contributed by atoms with Gasteiger partial charge in [0.1, 0.15) is 28.5 Å². The van der Waals surface area contributed by atoms with E-state index in [1.807, 2.05) is 0 Å². The van der Waals surface area contributed by atoms with Gasteiger partial charge in [0, 0.05) is 0 Å². The molecule has 0 saturated carbocycles. The van der Waals surface area contributed by atoms with Gasteiger partial charge in [0.15, 0.2) is 0 Å². The molecule has 15 heavy (non-hydrogen) atoms. The summed E-state index contributed by atoms with van der Waals surface area (Å²) in [6, 6.07) is 6.56. The minimum atomic E-state index is 0.225. The molecule has 0 spiro atoms. The van der Waals surface area contributed by atoms with Crippen molar-refractivity contribution in [2.45, 2.75) is 6.61 Å². The summed E-state index contributed by atoms with van der Waals surface area (Å²) in [6.45, 7) is 0.371. The fraction of sp³-hybridized carbons (Fsp3) is 0.100. The average molecular weight is 269 g/mol. The van der Waals surface area contributed by atoms with Crippen LogP contribution in [0.3, 0.4) is 0 Å². The fourth-order valence-electron chi connectivity index (χ4n) is 1.10. The number of hydrogen-bond donors (Lipinski definition) is 2. The zero-order chi connectivity index (χ0) is 10.7. The van der Waals surface area contributed by atoms with Crippen molar-refractivity contribution in [3.05, 3.63) is 40.9 Å². The predicted octanol–water partition coefficient (Wildman–Crippen LogP) is 2.46. The average Bonchev–Trinajstić information content (AvgIpc) is 2.64. The van der Waals surface area contributed by atoms with E-state index in [2.05, 4.69) is 25.9 Å². The van der Waals surface area contributed by atoms with Crippen molar-refractivity contribution in [2.24, 2.45) is 0 Å². The molecule has 0 aliphatic carbocycles. The third kappa shape index (κ3) is 2.73. The van der Waals surface area contributed by atoms with Crippen LogP contribution in [-0.4, -0.2) is 15.1 Å². The van der Waals surface area contributed by atoms with Crippen molar-refractivity contribution in [2.75, 3.05) is 0 Å². The highest BCUT2D eigenvalue weighted by molar-refractivity contribution is 9.10. The lowest BCUT2D eigenvalue weighted by Crippen LogP contribution is -1.96. The Hall–Kier alpha value is -1.49. The van der Waals surface area contributed by atoms with Crippen LogP contribution in [0, 0.1) is 0 Å². The number of H-pyrrole nitrogens is 1. The smallest absolute Gasteiger partial charge is 0.146 e. The normalized spacial score (nSPS) is 10.2. The van der Waals surface area contributed by atoms with Crippen LogP contribution in [-0.2, 0) is 6.61 Å². The van der Waals surface area contributed by atoms with Gasteiger partial charge in [-0.2, -0.15) is 0 Å². The van der Waals surface area contributed by atoms with Crippen molar-refractivity contribution >= 4 is 15.9 Å². The van der Waals surface area contributed by atoms with Crippen LogP contribution >= 0.6 is 15.9 Å². The van der Waals surface area contributed by atoms with Crippen molar-refractivity contribution in [3.63, 3.8) is 0 Å². The van der Waals surface area contributed by atoms with E-state index in [9.17, 15) is 0 Å². The molecule has 1 aromatic heterocycles. The third-order valence-electron chi connectivity index (χ3n) is 1.81. The lowest BCUT2D eigenvalue weighted by molar-refractivity contribution is 0.296. The summed E-state index contributed by atoms with van der Waals surface area (Å²) < 4.78 is 6.26. The minimum absolute atomic E-state index is 0.225. The predicted molar refractivity (Wildman–Crippen MR) is 58.7 cm³/mol. The molecule has 1 aromatic carbocycles. The second kappa shape index (κ2) is 4.35. The topological polar surface area (TPSA) is 58.1 Å². The summed E-state index contributed by atoms with van der Waals surface area (Å²) in [5, 5.41) is 9.06. The molecule has 2 N–H and O–H groups in total. The number of phenols is 1. The lowest BCUT2D eigenvalue weighted by atomic mass is 10.3. The number of halogens is 1. The van der Waals surface area contributed by atoms with Crippen LogP contribution in [0.5, 0.6) is 11.5 Å². The highest BCUT2D eigenvalue weighted by Crippen LogP contribution is 2.17. The van der Waals surface area contributed by atoms with Crippen molar-refractivity contribution < 1.29 is 9.84 Å². The van der Waals surface area contributed by atoms with E-state index in [0.29, 0.717) is 12.4 Å². The van der Waals surface area contributed by atoms with Gasteiger partial charge in [0.2, 0.25) is 0 Å². The standard InChI is InChI=1S/C10H9BrN2O2/c11-9-5-12-10(13-9)6-15-8-3-1-7(14)2-4-8/h1-5,14H,6H2,(H,12,13). The molecule has 4 nitrogen and oxygen atoms in total. The highest BCUT2D eigenvalue weighted by Gasteiger charge is 1.99. The van der Waals surface area contributed by atoms with Gasteiger partial charge < -0.3 is 14.8 Å². The highest BCUT2D eigenvalue weighted by atomic mass is 79.9. The van der Waals surface area contributed by atoms with Gasteiger partial charge in [-0.3, -0.25) is 0 Å². The van der Waals surface area contributed by atoms with Crippen LogP contribution in [0.4, 0.5) is 0 Å². The molecule has 5 heteroatoms. The van der Waals surface area contributed by atoms with Crippen molar-refractivity contribution in [3.8, 4) is 11.5 Å². The molecule has 0 unspecified atom stereocenters. The zero-order valence-corrected chi connectivity index (χ0v) is 9.36. The maximum absolute atomic E-state index is 9.06. The summed E-state index contributed by atoms with van der Waals surface area (Å²) in [4.78, 5) is 7.06. The van der Waals surface area contributed by atoms with Crippen LogP contribution in [0.15, 0.2) is 35.1 Å². The molecule has 0 atom stereocenters. The van der Waals surface area contributed by atoms with Crippen molar-refractivity contribution in [1.82, 2.24) is 9.97 Å². The van der Waals surface area contributed by atoms with Gasteiger partial charge in [-0.1, -0.05) is 0 Å². The number of phenolic OH excluding ortho intramolecular Hbond substituents is 1. The van der Waals surface area contributed by atoms with Gasteiger partial charge in [-0.15, -0.1) is 0 Å². The van der Waals surface area contributed by atoms with Crippen LogP contribution in [0.2, 0.25) is 0 Å². The lowest BCUT2D eigenvalue weighted by Gasteiger charge is -2.03. The number of ether oxygens (including phenoxy) is 1. The maximum atomic E-state index is 9.06. The van der Waals surface area contributed by atoms with Crippen LogP contribution < -0.4 is 4.74 Å². The number of aromatic hydroxyl groups is 1. The van der Waals surface area contributed by atoms with E-state index in [0.717, 1.165) is 10.4 Å². The first-order valence-corrected chi connectivity index (χ1v) is 5.14. The number of benzene rings is 1. The Morgan fingerprint density at radius 1 is 1.33 bits per heavy atom. The van der Waals surface area contributed by atoms with Crippen molar-refractivity contribution in [1.29, 1.82) is 0 Å². The first-order valence-electron chi connectivity index (χ1n) is 4.35. The Balaban J connectivity index is 1.96. The molecule has 0 radical (unpaired) electrons. The number of hydrogen-bond acceptors (Lipinski definition) is 3. The Kier molecular flexibility index (Phi) is 2.91. The SMILES string of the molecule is Oc1ccc(OCc2ncc(Br)[nH]2)cc1. The summed E-state index contributed by atoms with van der Waals surface area (Å²) >= 11 is 3.26. The molecule has 0 aliphatic rings. The van der Waals surface area contributed by atoms with Gasteiger partial charge in [0.25, 0.3) is 0 Å². The first-order chi connectivity index (χ1) is 7.24. The number of nitrogens with one attached hydrogen (secondary N) is 1. The molecule has 0 bridgehead atoms. The second-order valence-electron chi connectivity index (χ2n) is 2.96. The quantitative estimate of drug-likeness (QED) is 0.899. The summed E-state index contributed by atoms with van der Waals surface area (Å²) in [5.41, 5.74) is 0. The monoisotopic (exact) mass is 268 g/mol. The van der Waals surface area contributed by atoms with E-state index in [-0.39, 0.29) is 5.75 Å². The molecule has 78 valence electrons. The third-order valence-corrected chi connectivity index (χ3v) is 2.21. The van der Waals surface area contributed by atoms with E-state index in [1.165, 1.54) is 0 Å². The first kappa shape index (κ1) is 10.0. The largest absolute Gasteiger partial charge is 0.508 e. The van der Waals surface area contributed by atoms with Gasteiger partial charge in [-0.25, -0.2) is 4.98 Å². The Morgan fingerprint density at radius 2 is 2.07 bits per heavy atom. The van der Waals surface area contributed by atoms with E-state index in [1.54, 1.807) is 30.5 Å². The summed E-state index contributed by atoms with van der Waals surface area (Å²) in [7, 11) is 0. The second-order valence-corrected chi connectivity index (χ2v) is 3.81. The molecular formula is C10H9BrN2O2.